The predicted molar refractivity (Wildman–Crippen MR) is 103 cm³/mol. The number of carboxylic acid groups (broad SMARTS) is 1. The van der Waals surface area contributed by atoms with E-state index < -0.39 is 36.1 Å². The summed E-state index contributed by atoms with van der Waals surface area (Å²) in [6, 6.07) is 3.79. The molecule has 0 bridgehead atoms. The molecule has 11 nitrogen and oxygen atoms in total. The lowest BCUT2D eigenvalue weighted by molar-refractivity contribution is -0.384. The summed E-state index contributed by atoms with van der Waals surface area (Å²) in [5, 5.41) is 22.3. The van der Waals surface area contributed by atoms with Gasteiger partial charge in [0, 0.05) is 12.1 Å². The predicted octanol–water partition coefficient (Wildman–Crippen LogP) is 3.14. The molecule has 0 aliphatic carbocycles. The van der Waals surface area contributed by atoms with Gasteiger partial charge in [-0.05, 0) is 45.7 Å². The second-order valence-electron chi connectivity index (χ2n) is 6.84. The third-order valence-electron chi connectivity index (χ3n) is 3.97. The second-order valence-corrected chi connectivity index (χ2v) is 8.53. The summed E-state index contributed by atoms with van der Waals surface area (Å²) in [6.07, 6.45) is 0.521. The number of esters is 1. The molecule has 2 atom stereocenters. The monoisotopic (exact) mass is 432 g/mol. The van der Waals surface area contributed by atoms with Gasteiger partial charge in [-0.15, -0.1) is 0 Å². The van der Waals surface area contributed by atoms with Crippen LogP contribution in [-0.4, -0.2) is 41.7 Å². The molecule has 0 saturated heterocycles. The molecule has 0 amide bonds. The fourth-order valence-corrected chi connectivity index (χ4v) is 3.66. The first-order chi connectivity index (χ1) is 13.4. The Morgan fingerprint density at radius 1 is 1.31 bits per heavy atom. The Labute approximate surface area is 168 Å². The third kappa shape index (κ3) is 7.80. The lowest BCUT2D eigenvalue weighted by Crippen LogP contribution is -2.34. The van der Waals surface area contributed by atoms with Gasteiger partial charge in [0.25, 0.3) is 5.69 Å². The van der Waals surface area contributed by atoms with E-state index in [0.717, 1.165) is 7.11 Å². The molecular formula is C17H25N2O9P. The minimum absolute atomic E-state index is 0.0226. The Bertz CT molecular complexity index is 780. The number of benzene rings is 1. The van der Waals surface area contributed by atoms with Gasteiger partial charge in [-0.1, -0.05) is 0 Å². The third-order valence-corrected chi connectivity index (χ3v) is 5.64. The zero-order chi connectivity index (χ0) is 22.2. The van der Waals surface area contributed by atoms with E-state index >= 15 is 0 Å². The molecule has 1 aromatic carbocycles. The number of hydrogen-bond acceptors (Lipinski definition) is 8. The van der Waals surface area contributed by atoms with Crippen molar-refractivity contribution >= 4 is 25.4 Å². The highest BCUT2D eigenvalue weighted by Crippen LogP contribution is 2.45. The first kappa shape index (κ1) is 24.5. The van der Waals surface area contributed by atoms with Crippen molar-refractivity contribution in [2.24, 2.45) is 5.41 Å². The fraction of sp³-hybridized carbons (Fsp3) is 0.529. The Morgan fingerprint density at radius 2 is 1.90 bits per heavy atom. The van der Waals surface area contributed by atoms with E-state index in [9.17, 15) is 24.3 Å². The largest absolute Gasteiger partial charge is 0.481 e. The van der Waals surface area contributed by atoms with Gasteiger partial charge in [0.05, 0.1) is 24.1 Å². The molecule has 1 unspecified atom stereocenters. The SMILES string of the molecule is COC(=O)[C@H](C)NP(=O)(OCCCC(C)(C)C(=O)O)Oc1ccc([N+](=O)[O-])cc1. The highest BCUT2D eigenvalue weighted by Gasteiger charge is 2.33. The number of carboxylic acids is 1. The van der Waals surface area contributed by atoms with Crippen molar-refractivity contribution in [3.8, 4) is 5.75 Å². The zero-order valence-electron chi connectivity index (χ0n) is 16.6. The summed E-state index contributed by atoms with van der Waals surface area (Å²) in [5.41, 5.74) is -1.17. The molecule has 2 N–H and O–H groups in total. The van der Waals surface area contributed by atoms with Gasteiger partial charge in [-0.3, -0.25) is 24.2 Å². The van der Waals surface area contributed by atoms with Gasteiger partial charge in [0.1, 0.15) is 11.8 Å². The molecule has 0 radical (unpaired) electrons. The van der Waals surface area contributed by atoms with Crippen LogP contribution in [-0.2, 0) is 23.4 Å². The highest BCUT2D eigenvalue weighted by atomic mass is 31.2. The lowest BCUT2D eigenvalue weighted by Gasteiger charge is -2.23. The molecule has 1 aromatic rings. The number of methoxy groups -OCH3 is 1. The quantitative estimate of drug-likeness (QED) is 0.165. The summed E-state index contributed by atoms with van der Waals surface area (Å²) in [7, 11) is -2.91. The molecule has 0 heterocycles. The number of rotatable bonds is 12. The van der Waals surface area contributed by atoms with Crippen LogP contribution < -0.4 is 9.61 Å². The van der Waals surface area contributed by atoms with Crippen LogP contribution in [0.25, 0.3) is 0 Å². The van der Waals surface area contributed by atoms with Crippen LogP contribution in [0.5, 0.6) is 5.75 Å². The number of carbonyl (C=O) groups is 2. The van der Waals surface area contributed by atoms with Crippen molar-refractivity contribution in [3.63, 3.8) is 0 Å². The van der Waals surface area contributed by atoms with Crippen molar-refractivity contribution in [2.75, 3.05) is 13.7 Å². The molecule has 0 spiro atoms. The van der Waals surface area contributed by atoms with Crippen molar-refractivity contribution in [3.05, 3.63) is 34.4 Å². The van der Waals surface area contributed by atoms with Crippen LogP contribution in [0.15, 0.2) is 24.3 Å². The normalized spacial score (nSPS) is 14.5. The topological polar surface area (TPSA) is 154 Å². The summed E-state index contributed by atoms with van der Waals surface area (Å²) in [6.45, 7) is 4.40. The first-order valence-corrected chi connectivity index (χ1v) is 10.2. The van der Waals surface area contributed by atoms with Crippen LogP contribution in [0.3, 0.4) is 0 Å². The first-order valence-electron chi connectivity index (χ1n) is 8.68. The van der Waals surface area contributed by atoms with E-state index in [1.807, 2.05) is 0 Å². The van der Waals surface area contributed by atoms with Crippen LogP contribution in [0.4, 0.5) is 5.69 Å². The minimum atomic E-state index is -4.08. The van der Waals surface area contributed by atoms with Gasteiger partial charge in [-0.25, -0.2) is 4.57 Å². The number of nitro benzene ring substituents is 1. The number of aliphatic carboxylic acids is 1. The van der Waals surface area contributed by atoms with Crippen LogP contribution in [0.2, 0.25) is 0 Å². The maximum atomic E-state index is 13.1. The molecule has 0 saturated carbocycles. The smallest absolute Gasteiger partial charge is 0.459 e. The second kappa shape index (κ2) is 10.3. The van der Waals surface area contributed by atoms with E-state index in [2.05, 4.69) is 9.82 Å². The maximum Gasteiger partial charge on any atom is 0.459 e. The highest BCUT2D eigenvalue weighted by molar-refractivity contribution is 7.52. The average molecular weight is 432 g/mol. The maximum absolute atomic E-state index is 13.1. The Kier molecular flexibility index (Phi) is 8.75. The number of nitrogens with zero attached hydrogens (tertiary/aromatic N) is 1. The molecular weight excluding hydrogens is 407 g/mol. The van der Waals surface area contributed by atoms with E-state index in [-0.39, 0.29) is 30.9 Å². The van der Waals surface area contributed by atoms with E-state index in [0.29, 0.717) is 0 Å². The van der Waals surface area contributed by atoms with E-state index in [1.54, 1.807) is 13.8 Å². The van der Waals surface area contributed by atoms with Crippen LogP contribution in [0.1, 0.15) is 33.6 Å². The number of non-ortho nitro benzene ring substituents is 1. The molecule has 0 aromatic heterocycles. The van der Waals surface area contributed by atoms with Crippen LogP contribution in [0, 0.1) is 15.5 Å². The molecule has 0 fully saturated rings. The number of hydrogen-bond donors (Lipinski definition) is 2. The van der Waals surface area contributed by atoms with Crippen molar-refractivity contribution < 1.29 is 38.0 Å². The van der Waals surface area contributed by atoms with Crippen LogP contribution >= 0.6 is 7.75 Å². The molecule has 0 aliphatic heterocycles. The minimum Gasteiger partial charge on any atom is -0.481 e. The van der Waals surface area contributed by atoms with Gasteiger partial charge in [-0.2, -0.15) is 5.09 Å². The Morgan fingerprint density at radius 3 is 2.38 bits per heavy atom. The van der Waals surface area contributed by atoms with E-state index in [4.69, 9.17) is 14.2 Å². The number of carbonyl (C=O) groups excluding carboxylic acids is 1. The lowest BCUT2D eigenvalue weighted by atomic mass is 9.88. The van der Waals surface area contributed by atoms with Crippen molar-refractivity contribution in [2.45, 2.75) is 39.7 Å². The number of ether oxygens (including phenoxy) is 1. The van der Waals surface area contributed by atoms with Crippen molar-refractivity contribution in [1.29, 1.82) is 0 Å². The molecule has 12 heteroatoms. The van der Waals surface area contributed by atoms with Crippen molar-refractivity contribution in [1.82, 2.24) is 5.09 Å². The number of nitrogens with one attached hydrogen (secondary N) is 1. The standard InChI is InChI=1S/C17H25N2O9P/c1-12(15(20)26-4)18-29(25,27-11-5-10-17(2,3)16(21)22)28-14-8-6-13(7-9-14)19(23)24/h6-9,12H,5,10-11H2,1-4H3,(H,18,25)(H,21,22)/t12-,29?/m0/s1. The fourth-order valence-electron chi connectivity index (χ4n) is 2.13. The molecule has 1 rings (SSSR count). The van der Waals surface area contributed by atoms with Gasteiger partial charge < -0.3 is 14.4 Å². The average Bonchev–Trinajstić information content (AvgIpc) is 2.64. The summed E-state index contributed by atoms with van der Waals surface area (Å²) >= 11 is 0. The molecule has 29 heavy (non-hydrogen) atoms. The summed E-state index contributed by atoms with van der Waals surface area (Å²) < 4.78 is 28.3. The van der Waals surface area contributed by atoms with Gasteiger partial charge in [0.2, 0.25) is 0 Å². The summed E-state index contributed by atoms with van der Waals surface area (Å²) in [5.74, 6) is -1.65. The Hall–Kier alpha value is -2.49. The van der Waals surface area contributed by atoms with E-state index in [1.165, 1.54) is 31.2 Å². The van der Waals surface area contributed by atoms with Gasteiger partial charge in [0.15, 0.2) is 0 Å². The summed E-state index contributed by atoms with van der Waals surface area (Å²) in [4.78, 5) is 32.9. The Balaban J connectivity index is 2.88. The van der Waals surface area contributed by atoms with Gasteiger partial charge >= 0.3 is 19.7 Å². The molecule has 0 aliphatic rings. The molecule has 162 valence electrons. The number of nitro groups is 1. The zero-order valence-corrected chi connectivity index (χ0v) is 17.5.